The minimum Gasteiger partial charge on any atom is -0.363 e. The highest BCUT2D eigenvalue weighted by atomic mass is 16.5. The van der Waals surface area contributed by atoms with Gasteiger partial charge in [0.25, 0.3) is 0 Å². The number of hydrogen-bond acceptors (Lipinski definition) is 4. The van der Waals surface area contributed by atoms with Crippen LogP contribution in [0, 0.1) is 0 Å². The average Bonchev–Trinajstić information content (AvgIpc) is 3.05. The quantitative estimate of drug-likeness (QED) is 0.685. The number of rotatable bonds is 0. The molecule has 20 heavy (non-hydrogen) atoms. The number of ketones is 2. The van der Waals surface area contributed by atoms with Gasteiger partial charge in [0, 0.05) is 23.1 Å². The monoisotopic (exact) mass is 263 g/mol. The van der Waals surface area contributed by atoms with Gasteiger partial charge in [-0.1, -0.05) is 29.4 Å². The van der Waals surface area contributed by atoms with E-state index in [0.717, 1.165) is 5.56 Å². The van der Waals surface area contributed by atoms with Crippen LogP contribution in [-0.4, -0.2) is 16.7 Å². The number of carbonyl (C=O) groups is 2. The Kier molecular flexibility index (Phi) is 2.15. The van der Waals surface area contributed by atoms with Crippen LogP contribution in [0.25, 0.3) is 11.6 Å². The summed E-state index contributed by atoms with van der Waals surface area (Å²) in [5.41, 5.74) is 3.79. The molecule has 4 nitrogen and oxygen atoms in total. The fraction of sp³-hybridized carbons (Fsp3) is 0.0625. The van der Waals surface area contributed by atoms with E-state index in [1.165, 1.54) is 12.3 Å². The van der Waals surface area contributed by atoms with Crippen LogP contribution in [0.5, 0.6) is 0 Å². The zero-order chi connectivity index (χ0) is 13.7. The molecule has 2 aliphatic rings. The van der Waals surface area contributed by atoms with Crippen LogP contribution in [-0.2, 0) is 11.2 Å². The second-order valence-electron chi connectivity index (χ2n) is 4.83. The van der Waals surface area contributed by atoms with Crippen LogP contribution in [0.1, 0.15) is 27.2 Å². The lowest BCUT2D eigenvalue weighted by molar-refractivity contribution is -0.109. The zero-order valence-electron chi connectivity index (χ0n) is 10.4. The van der Waals surface area contributed by atoms with Crippen molar-refractivity contribution < 1.29 is 14.1 Å². The molecule has 0 saturated heterocycles. The second-order valence-corrected chi connectivity index (χ2v) is 4.83. The number of hydrogen-bond donors (Lipinski definition) is 0. The van der Waals surface area contributed by atoms with E-state index in [2.05, 4.69) is 5.16 Å². The van der Waals surface area contributed by atoms with Gasteiger partial charge in [-0.05, 0) is 17.7 Å². The van der Waals surface area contributed by atoms with E-state index in [1.807, 2.05) is 18.2 Å². The fourth-order valence-electron chi connectivity index (χ4n) is 2.77. The van der Waals surface area contributed by atoms with E-state index >= 15 is 0 Å². The molecule has 2 aromatic rings. The number of nitrogens with zero attached hydrogens (tertiary/aromatic N) is 1. The third-order valence-electron chi connectivity index (χ3n) is 3.71. The lowest BCUT2D eigenvalue weighted by Gasteiger charge is -2.09. The maximum atomic E-state index is 12.5. The molecule has 4 heteroatoms. The SMILES string of the molecule is O=C1C=Cc2nocc2/C1=C1/Cc2ccccc2C1=O. The summed E-state index contributed by atoms with van der Waals surface area (Å²) in [5.74, 6) is -0.247. The summed E-state index contributed by atoms with van der Waals surface area (Å²) >= 11 is 0. The molecular weight excluding hydrogens is 254 g/mol. The smallest absolute Gasteiger partial charge is 0.190 e. The molecule has 0 saturated carbocycles. The van der Waals surface area contributed by atoms with E-state index in [-0.39, 0.29) is 11.6 Å². The number of allylic oxidation sites excluding steroid dienone is 3. The van der Waals surface area contributed by atoms with E-state index < -0.39 is 0 Å². The molecule has 0 amide bonds. The first-order chi connectivity index (χ1) is 9.75. The molecule has 1 aromatic carbocycles. The fourth-order valence-corrected chi connectivity index (χ4v) is 2.77. The van der Waals surface area contributed by atoms with Gasteiger partial charge in [0.15, 0.2) is 11.6 Å². The predicted molar refractivity (Wildman–Crippen MR) is 71.9 cm³/mol. The summed E-state index contributed by atoms with van der Waals surface area (Å²) in [6.07, 6.45) is 4.95. The van der Waals surface area contributed by atoms with Gasteiger partial charge in [0.2, 0.25) is 0 Å². The molecular formula is C16H9NO3. The first-order valence-corrected chi connectivity index (χ1v) is 6.28. The number of carbonyl (C=O) groups excluding carboxylic acids is 2. The molecule has 0 atom stereocenters. The van der Waals surface area contributed by atoms with Crippen molar-refractivity contribution in [2.75, 3.05) is 0 Å². The minimum absolute atomic E-state index is 0.0774. The number of benzene rings is 1. The first-order valence-electron chi connectivity index (χ1n) is 6.28. The van der Waals surface area contributed by atoms with Crippen molar-refractivity contribution in [2.45, 2.75) is 6.42 Å². The Balaban J connectivity index is 1.96. The van der Waals surface area contributed by atoms with Gasteiger partial charge in [0.1, 0.15) is 12.0 Å². The topological polar surface area (TPSA) is 60.2 Å². The van der Waals surface area contributed by atoms with Gasteiger partial charge in [-0.15, -0.1) is 0 Å². The summed E-state index contributed by atoms with van der Waals surface area (Å²) in [7, 11) is 0. The molecule has 0 spiro atoms. The van der Waals surface area contributed by atoms with Crippen molar-refractivity contribution in [3.8, 4) is 0 Å². The van der Waals surface area contributed by atoms with Crippen molar-refractivity contribution in [1.82, 2.24) is 5.16 Å². The normalized spacial score (nSPS) is 20.2. The van der Waals surface area contributed by atoms with E-state index in [0.29, 0.717) is 34.4 Å². The molecule has 0 radical (unpaired) electrons. The molecule has 4 rings (SSSR count). The first kappa shape index (κ1) is 11.1. The van der Waals surface area contributed by atoms with Crippen LogP contribution in [0.4, 0.5) is 0 Å². The largest absolute Gasteiger partial charge is 0.363 e. The van der Waals surface area contributed by atoms with Gasteiger partial charge in [-0.25, -0.2) is 0 Å². The van der Waals surface area contributed by atoms with Gasteiger partial charge >= 0.3 is 0 Å². The minimum atomic E-state index is -0.170. The summed E-state index contributed by atoms with van der Waals surface area (Å²) in [4.78, 5) is 24.7. The molecule has 0 unspecified atom stereocenters. The number of Topliss-reactive ketones (excluding diaryl/α,β-unsaturated/α-hetero) is 1. The zero-order valence-corrected chi connectivity index (χ0v) is 10.4. The predicted octanol–water partition coefficient (Wildman–Crippen LogP) is 2.46. The molecule has 0 aliphatic heterocycles. The molecule has 1 heterocycles. The average molecular weight is 263 g/mol. The highest BCUT2D eigenvalue weighted by molar-refractivity contribution is 6.36. The lowest BCUT2D eigenvalue weighted by Crippen LogP contribution is -2.10. The van der Waals surface area contributed by atoms with Crippen LogP contribution in [0.2, 0.25) is 0 Å². The van der Waals surface area contributed by atoms with Gasteiger partial charge in [0.05, 0.1) is 5.56 Å². The van der Waals surface area contributed by atoms with Crippen LogP contribution in [0.15, 0.2) is 46.7 Å². The Bertz CT molecular complexity index is 824. The summed E-state index contributed by atoms with van der Waals surface area (Å²) in [5, 5.41) is 3.83. The highest BCUT2D eigenvalue weighted by Gasteiger charge is 2.32. The molecule has 0 fully saturated rings. The van der Waals surface area contributed by atoms with Gasteiger partial charge < -0.3 is 4.52 Å². The third-order valence-corrected chi connectivity index (χ3v) is 3.71. The number of fused-ring (bicyclic) bond motifs is 2. The van der Waals surface area contributed by atoms with Crippen molar-refractivity contribution in [2.24, 2.45) is 0 Å². The Morgan fingerprint density at radius 1 is 1.05 bits per heavy atom. The van der Waals surface area contributed by atoms with Crippen molar-refractivity contribution in [3.05, 3.63) is 64.6 Å². The van der Waals surface area contributed by atoms with Crippen molar-refractivity contribution >= 4 is 23.2 Å². The maximum absolute atomic E-state index is 12.5. The van der Waals surface area contributed by atoms with Crippen molar-refractivity contribution in [3.63, 3.8) is 0 Å². The third kappa shape index (κ3) is 1.39. The van der Waals surface area contributed by atoms with E-state index in [9.17, 15) is 9.59 Å². The molecule has 1 aromatic heterocycles. The summed E-state index contributed by atoms with van der Waals surface area (Å²) in [6, 6.07) is 7.44. The maximum Gasteiger partial charge on any atom is 0.190 e. The van der Waals surface area contributed by atoms with Crippen LogP contribution >= 0.6 is 0 Å². The van der Waals surface area contributed by atoms with Crippen LogP contribution < -0.4 is 0 Å². The standard InChI is InChI=1S/C16H9NO3/c18-14-6-5-13-12(8-20-17-13)15(14)11-7-9-3-1-2-4-10(9)16(11)19/h1-6,8H,7H2/b15-11+. The van der Waals surface area contributed by atoms with Gasteiger partial charge in [-0.3, -0.25) is 9.59 Å². The lowest BCUT2D eigenvalue weighted by atomic mass is 9.90. The van der Waals surface area contributed by atoms with Crippen LogP contribution in [0.3, 0.4) is 0 Å². The summed E-state index contributed by atoms with van der Waals surface area (Å²) in [6.45, 7) is 0. The van der Waals surface area contributed by atoms with E-state index in [1.54, 1.807) is 12.1 Å². The highest BCUT2D eigenvalue weighted by Crippen LogP contribution is 2.35. The summed E-state index contributed by atoms with van der Waals surface area (Å²) < 4.78 is 4.92. The van der Waals surface area contributed by atoms with Crippen molar-refractivity contribution in [1.29, 1.82) is 0 Å². The second kappa shape index (κ2) is 3.87. The Labute approximate surface area is 114 Å². The molecule has 0 bridgehead atoms. The molecule has 0 N–H and O–H groups in total. The Morgan fingerprint density at radius 3 is 2.75 bits per heavy atom. The Hall–Kier alpha value is -2.75. The van der Waals surface area contributed by atoms with Gasteiger partial charge in [-0.2, -0.15) is 0 Å². The van der Waals surface area contributed by atoms with E-state index in [4.69, 9.17) is 4.52 Å². The molecule has 96 valence electrons. The molecule has 2 aliphatic carbocycles. The number of aromatic nitrogens is 1. The Morgan fingerprint density at radius 2 is 1.90 bits per heavy atom.